The highest BCUT2D eigenvalue weighted by Crippen LogP contribution is 2.30. The summed E-state index contributed by atoms with van der Waals surface area (Å²) in [6.07, 6.45) is 4.69. The fraction of sp³-hybridized carbons (Fsp3) is 0.515. The Balaban J connectivity index is 0.00000161. The molecule has 0 spiro atoms. The summed E-state index contributed by atoms with van der Waals surface area (Å²) < 4.78 is 49.9. The van der Waals surface area contributed by atoms with Crippen molar-refractivity contribution in [2.75, 3.05) is 50.4 Å². The number of carbonyl (C=O) groups excluding carboxylic acids is 3. The van der Waals surface area contributed by atoms with Crippen LogP contribution in [0.2, 0.25) is 0 Å². The number of hydrogen-bond acceptors (Lipinski definition) is 12. The van der Waals surface area contributed by atoms with Gasteiger partial charge in [-0.3, -0.25) is 14.4 Å². The van der Waals surface area contributed by atoms with E-state index in [2.05, 4.69) is 21.5 Å². The predicted octanol–water partition coefficient (Wildman–Crippen LogP) is 2.91. The van der Waals surface area contributed by atoms with Crippen molar-refractivity contribution in [3.63, 3.8) is 0 Å². The molecule has 1 atom stereocenters. The van der Waals surface area contributed by atoms with Crippen LogP contribution in [0.3, 0.4) is 0 Å². The van der Waals surface area contributed by atoms with E-state index in [9.17, 15) is 14.4 Å². The van der Waals surface area contributed by atoms with E-state index in [1.165, 1.54) is 0 Å². The molecule has 278 valence electrons. The second-order valence-electron chi connectivity index (χ2n) is 11.8. The zero-order valence-electron chi connectivity index (χ0n) is 29.6. The lowest BCUT2D eigenvalue weighted by Gasteiger charge is -2.31. The number of unbranched alkanes of at least 4 members (excludes halogenated alkanes) is 1. The molecular formula is C33H49N5O10S2. The topological polar surface area (TPSA) is 217 Å². The Morgan fingerprint density at radius 2 is 1.66 bits per heavy atom. The van der Waals surface area contributed by atoms with Gasteiger partial charge in [-0.05, 0) is 82.9 Å². The fourth-order valence-corrected chi connectivity index (χ4v) is 5.21. The Morgan fingerprint density at radius 1 is 1.02 bits per heavy atom. The zero-order chi connectivity index (χ0) is 37.4. The van der Waals surface area contributed by atoms with E-state index in [-0.39, 0.29) is 36.3 Å². The third kappa shape index (κ3) is 14.4. The Bertz CT molecular complexity index is 1650. The fourth-order valence-electron chi connectivity index (χ4n) is 4.69. The van der Waals surface area contributed by atoms with Crippen molar-refractivity contribution in [2.45, 2.75) is 65.1 Å². The van der Waals surface area contributed by atoms with Crippen LogP contribution in [0.4, 0.5) is 5.82 Å². The number of anilines is 1. The molecule has 0 aliphatic heterocycles. The normalized spacial score (nSPS) is 11.8. The molecule has 5 N–H and O–H groups in total. The molecule has 0 saturated carbocycles. The number of rotatable bonds is 18. The van der Waals surface area contributed by atoms with Gasteiger partial charge in [-0.1, -0.05) is 5.16 Å². The van der Waals surface area contributed by atoms with Crippen LogP contribution in [0.15, 0.2) is 40.9 Å². The van der Waals surface area contributed by atoms with Crippen molar-refractivity contribution < 1.29 is 51.8 Å². The van der Waals surface area contributed by atoms with Gasteiger partial charge in [0, 0.05) is 36.4 Å². The van der Waals surface area contributed by atoms with Crippen molar-refractivity contribution in [3.05, 3.63) is 42.0 Å². The van der Waals surface area contributed by atoms with E-state index < -0.39 is 22.1 Å². The average molecular weight is 740 g/mol. The van der Waals surface area contributed by atoms with E-state index in [0.29, 0.717) is 59.7 Å². The Hall–Kier alpha value is -4.06. The highest BCUT2D eigenvalue weighted by atomic mass is 32.2. The molecular weight excluding hydrogens is 691 g/mol. The van der Waals surface area contributed by atoms with Crippen molar-refractivity contribution in [2.24, 2.45) is 0 Å². The number of benzene rings is 2. The molecule has 0 aliphatic rings. The van der Waals surface area contributed by atoms with Gasteiger partial charge in [0.1, 0.15) is 5.75 Å². The van der Waals surface area contributed by atoms with E-state index >= 15 is 0 Å². The maximum absolute atomic E-state index is 13.0. The number of methoxy groups -OCH3 is 1. The van der Waals surface area contributed by atoms with Gasteiger partial charge in [-0.2, -0.15) is 11.8 Å². The van der Waals surface area contributed by atoms with Crippen LogP contribution in [0, 0.1) is 0 Å². The van der Waals surface area contributed by atoms with E-state index in [0.717, 1.165) is 18.6 Å². The molecule has 50 heavy (non-hydrogen) atoms. The molecule has 0 aliphatic carbocycles. The minimum absolute atomic E-state index is 0.0444. The number of nitrogens with one attached hydrogen (secondary N) is 2. The third-order valence-electron chi connectivity index (χ3n) is 6.99. The minimum Gasteiger partial charge on any atom is -0.748 e. The molecule has 3 rings (SSSR count). The monoisotopic (exact) mass is 739 g/mol. The van der Waals surface area contributed by atoms with Crippen LogP contribution in [0.25, 0.3) is 11.0 Å². The molecule has 3 aromatic rings. The summed E-state index contributed by atoms with van der Waals surface area (Å²) in [5.41, 5.74) is 4.85. The van der Waals surface area contributed by atoms with Gasteiger partial charge >= 0.3 is 0 Å². The lowest BCUT2D eigenvalue weighted by Crippen LogP contribution is -2.67. The molecule has 0 unspecified atom stereocenters. The Labute approximate surface area is 297 Å². The summed E-state index contributed by atoms with van der Waals surface area (Å²) in [6, 6.07) is 10.3. The predicted molar refractivity (Wildman–Crippen MR) is 191 cm³/mol. The number of amides is 3. The number of hydrogen-bond donors (Lipinski definition) is 3. The quantitative estimate of drug-likeness (QED) is 0.127. The lowest BCUT2D eigenvalue weighted by molar-refractivity contribution is -0.403. The van der Waals surface area contributed by atoms with Crippen LogP contribution >= 0.6 is 11.8 Å². The van der Waals surface area contributed by atoms with Crippen molar-refractivity contribution in [3.8, 4) is 17.2 Å². The standard InChI is InChI=1S/C32H45N5O7S.CH4O3S/c1-20(2)37(21(3)4)32(40)22-9-12-26(28(17-22)41-5)43-15-8-7-14-42-23-10-11-24-27(18-23)44-36-30(24)35-29(38)19-34-31(39)25(33)13-16-45-6;1-5(2,3)4/h9-12,17-18,20-21,25H,7-8,13-16,19,33H2,1-6H3,(H,34,39)(H,35,36,38);1H3,(H,2,3,4)/t25-;/m0./s1. The second kappa shape index (κ2) is 20.6. The first-order chi connectivity index (χ1) is 23.5. The molecule has 2 aromatic carbocycles. The molecule has 0 bridgehead atoms. The van der Waals surface area contributed by atoms with Crippen LogP contribution in [0.1, 0.15) is 57.3 Å². The molecule has 17 heteroatoms. The van der Waals surface area contributed by atoms with Gasteiger partial charge < -0.3 is 44.6 Å². The molecule has 3 amide bonds. The summed E-state index contributed by atoms with van der Waals surface area (Å²) in [5, 5.41) is 9.83. The summed E-state index contributed by atoms with van der Waals surface area (Å²) in [5.74, 6) is 2.07. The first kappa shape index (κ1) is 42.1. The number of quaternary nitrogens is 1. The second-order valence-corrected chi connectivity index (χ2v) is 14.2. The summed E-state index contributed by atoms with van der Waals surface area (Å²) in [7, 11) is -2.36. The maximum Gasteiger partial charge on any atom is 0.278 e. The first-order valence-corrected chi connectivity index (χ1v) is 19.2. The number of ether oxygens (including phenoxy) is 3. The van der Waals surface area contributed by atoms with Gasteiger partial charge in [0.05, 0.1) is 42.4 Å². The smallest absolute Gasteiger partial charge is 0.278 e. The van der Waals surface area contributed by atoms with E-state index in [4.69, 9.17) is 31.7 Å². The molecule has 0 saturated heterocycles. The largest absolute Gasteiger partial charge is 0.748 e. The van der Waals surface area contributed by atoms with E-state index in [1.54, 1.807) is 55.3 Å². The van der Waals surface area contributed by atoms with Gasteiger partial charge in [-0.25, -0.2) is 8.42 Å². The average Bonchev–Trinajstić information content (AvgIpc) is 3.44. The minimum atomic E-state index is -3.92. The summed E-state index contributed by atoms with van der Waals surface area (Å²) in [6.45, 7) is 8.73. The summed E-state index contributed by atoms with van der Waals surface area (Å²) in [4.78, 5) is 39.3. The summed E-state index contributed by atoms with van der Waals surface area (Å²) >= 11 is 1.64. The van der Waals surface area contributed by atoms with E-state index in [1.807, 2.05) is 38.9 Å². The van der Waals surface area contributed by atoms with Crippen LogP contribution < -0.4 is 30.6 Å². The number of fused-ring (bicyclic) bond motifs is 1. The Kier molecular flexibility index (Phi) is 17.3. The van der Waals surface area contributed by atoms with Crippen LogP contribution in [-0.2, 0) is 19.7 Å². The number of aromatic nitrogens is 1. The lowest BCUT2D eigenvalue weighted by atomic mass is 10.1. The molecule has 1 heterocycles. The number of carbonyl (C=O) groups is 3. The number of thioether (sulfide) groups is 1. The molecule has 1 aromatic heterocycles. The highest BCUT2D eigenvalue weighted by Gasteiger charge is 2.23. The maximum atomic E-state index is 13.0. The van der Waals surface area contributed by atoms with Crippen molar-refractivity contribution >= 4 is 56.4 Å². The molecule has 15 nitrogen and oxygen atoms in total. The van der Waals surface area contributed by atoms with Crippen molar-refractivity contribution in [1.82, 2.24) is 15.4 Å². The Morgan fingerprint density at radius 3 is 2.26 bits per heavy atom. The highest BCUT2D eigenvalue weighted by molar-refractivity contribution is 7.98. The van der Waals surface area contributed by atoms with Gasteiger partial charge in [-0.15, -0.1) is 0 Å². The first-order valence-electron chi connectivity index (χ1n) is 16.0. The SMILES string of the molecule is COc1cc(C(=O)N(C(C)C)C(C)C)ccc1OCCCCOc1ccc2c(NC(=O)CNC(=O)[C@@H]([NH3+])CCSC)noc2c1.CS(=O)(=O)[O-]. The van der Waals surface area contributed by atoms with Crippen LogP contribution in [0.5, 0.6) is 17.2 Å². The molecule has 0 fully saturated rings. The third-order valence-corrected chi connectivity index (χ3v) is 7.63. The van der Waals surface area contributed by atoms with Gasteiger partial charge in [0.15, 0.2) is 28.9 Å². The van der Waals surface area contributed by atoms with Crippen molar-refractivity contribution in [1.29, 1.82) is 0 Å². The van der Waals surface area contributed by atoms with Gasteiger partial charge in [0.2, 0.25) is 5.91 Å². The van der Waals surface area contributed by atoms with Gasteiger partial charge in [0.25, 0.3) is 11.8 Å². The van der Waals surface area contributed by atoms with Crippen LogP contribution in [-0.4, -0.2) is 104 Å². The zero-order valence-corrected chi connectivity index (χ0v) is 31.3. The number of nitrogens with zero attached hydrogens (tertiary/aromatic N) is 2. The molecule has 0 radical (unpaired) electrons.